The second-order valence-corrected chi connectivity index (χ2v) is 2.80. The molecule has 13 heavy (non-hydrogen) atoms. The average Bonchev–Trinajstić information content (AvgIpc) is 2.09. The van der Waals surface area contributed by atoms with E-state index in [4.69, 9.17) is 15.2 Å². The van der Waals surface area contributed by atoms with Crippen molar-refractivity contribution in [1.82, 2.24) is 4.98 Å². The number of pyridine rings is 1. The van der Waals surface area contributed by atoms with E-state index in [2.05, 4.69) is 4.98 Å². The first-order chi connectivity index (χ1) is 6.24. The molecule has 0 saturated heterocycles. The number of hydrogen-bond donors (Lipinski definition) is 1. The molecule has 0 bridgehead atoms. The molecule has 4 nitrogen and oxygen atoms in total. The van der Waals surface area contributed by atoms with Crippen molar-refractivity contribution in [2.45, 2.75) is 13.0 Å². The lowest BCUT2D eigenvalue weighted by Gasteiger charge is -2.14. The van der Waals surface area contributed by atoms with E-state index in [9.17, 15) is 0 Å². The lowest BCUT2D eigenvalue weighted by atomic mass is 10.3. The molecule has 0 aliphatic rings. The summed E-state index contributed by atoms with van der Waals surface area (Å²) in [5, 5.41) is 0. The Kier molecular flexibility index (Phi) is 3.52. The van der Waals surface area contributed by atoms with Crippen LogP contribution in [0.25, 0.3) is 0 Å². The quantitative estimate of drug-likeness (QED) is 0.757. The van der Waals surface area contributed by atoms with Gasteiger partial charge in [0.2, 0.25) is 0 Å². The fourth-order valence-corrected chi connectivity index (χ4v) is 0.987. The minimum absolute atomic E-state index is 0.00491. The topological polar surface area (TPSA) is 57.4 Å². The van der Waals surface area contributed by atoms with Gasteiger partial charge in [-0.05, 0) is 6.92 Å². The summed E-state index contributed by atoms with van der Waals surface area (Å²) < 4.78 is 10.4. The Morgan fingerprint density at radius 2 is 2.38 bits per heavy atom. The third-order valence-corrected chi connectivity index (χ3v) is 1.54. The first kappa shape index (κ1) is 9.80. The monoisotopic (exact) mass is 182 g/mol. The maximum Gasteiger partial charge on any atom is 0.145 e. The van der Waals surface area contributed by atoms with Crippen LogP contribution in [0.4, 0.5) is 5.69 Å². The number of methoxy groups -OCH3 is 1. The molecule has 1 atom stereocenters. The fourth-order valence-electron chi connectivity index (χ4n) is 0.987. The highest BCUT2D eigenvalue weighted by Gasteiger charge is 2.05. The van der Waals surface area contributed by atoms with Crippen molar-refractivity contribution in [1.29, 1.82) is 0 Å². The number of anilines is 1. The fraction of sp³-hybridized carbons (Fsp3) is 0.444. The zero-order valence-electron chi connectivity index (χ0n) is 7.86. The molecule has 1 rings (SSSR count). The van der Waals surface area contributed by atoms with Crippen LogP contribution in [0.5, 0.6) is 5.75 Å². The van der Waals surface area contributed by atoms with Gasteiger partial charge < -0.3 is 15.2 Å². The molecule has 0 aliphatic heterocycles. The molecule has 0 saturated carbocycles. The van der Waals surface area contributed by atoms with Gasteiger partial charge in [0.1, 0.15) is 11.9 Å². The largest absolute Gasteiger partial charge is 0.486 e. The first-order valence-electron chi connectivity index (χ1n) is 4.09. The van der Waals surface area contributed by atoms with E-state index in [1.807, 2.05) is 6.92 Å². The summed E-state index contributed by atoms with van der Waals surface area (Å²) >= 11 is 0. The van der Waals surface area contributed by atoms with Gasteiger partial charge in [-0.15, -0.1) is 0 Å². The zero-order valence-corrected chi connectivity index (χ0v) is 7.86. The van der Waals surface area contributed by atoms with Gasteiger partial charge in [0.15, 0.2) is 0 Å². The van der Waals surface area contributed by atoms with E-state index in [0.717, 1.165) is 0 Å². The van der Waals surface area contributed by atoms with Crippen LogP contribution in [0, 0.1) is 0 Å². The smallest absolute Gasteiger partial charge is 0.145 e. The Morgan fingerprint density at radius 3 is 3.00 bits per heavy atom. The Labute approximate surface area is 77.7 Å². The minimum Gasteiger partial charge on any atom is -0.486 e. The van der Waals surface area contributed by atoms with Gasteiger partial charge in [0.05, 0.1) is 18.5 Å². The van der Waals surface area contributed by atoms with Gasteiger partial charge in [0.25, 0.3) is 0 Å². The van der Waals surface area contributed by atoms with Crippen LogP contribution in [0.3, 0.4) is 0 Å². The summed E-state index contributed by atoms with van der Waals surface area (Å²) in [6, 6.07) is 1.74. The number of aromatic nitrogens is 1. The Bertz CT molecular complexity index is 266. The van der Waals surface area contributed by atoms with E-state index in [0.29, 0.717) is 18.0 Å². The summed E-state index contributed by atoms with van der Waals surface area (Å²) in [5.74, 6) is 0.652. The molecular formula is C9H14N2O2. The van der Waals surface area contributed by atoms with Crippen LogP contribution in [0.2, 0.25) is 0 Å². The average molecular weight is 182 g/mol. The molecule has 0 radical (unpaired) electrons. The van der Waals surface area contributed by atoms with Gasteiger partial charge in [-0.1, -0.05) is 0 Å². The predicted molar refractivity (Wildman–Crippen MR) is 50.6 cm³/mol. The Balaban J connectivity index is 2.58. The molecule has 1 unspecified atom stereocenters. The highest BCUT2D eigenvalue weighted by Crippen LogP contribution is 2.19. The molecule has 1 aromatic heterocycles. The molecular weight excluding hydrogens is 168 g/mol. The van der Waals surface area contributed by atoms with Crippen LogP contribution in [-0.2, 0) is 4.74 Å². The van der Waals surface area contributed by atoms with E-state index < -0.39 is 0 Å². The van der Waals surface area contributed by atoms with Crippen molar-refractivity contribution in [2.24, 2.45) is 0 Å². The van der Waals surface area contributed by atoms with Crippen molar-refractivity contribution in [3.05, 3.63) is 18.5 Å². The lowest BCUT2D eigenvalue weighted by molar-refractivity contribution is 0.0925. The van der Waals surface area contributed by atoms with Crippen molar-refractivity contribution in [3.63, 3.8) is 0 Å². The summed E-state index contributed by atoms with van der Waals surface area (Å²) in [6.45, 7) is 2.46. The van der Waals surface area contributed by atoms with Crippen molar-refractivity contribution in [3.8, 4) is 5.75 Å². The standard InChI is InChI=1S/C9H14N2O2/c1-7(6-12-2)13-9-3-4-11-5-8(9)10/h3-5,7H,6,10H2,1-2H3. The second kappa shape index (κ2) is 4.67. The van der Waals surface area contributed by atoms with Gasteiger partial charge >= 0.3 is 0 Å². The maximum absolute atomic E-state index is 5.64. The molecule has 1 aromatic rings. The number of rotatable bonds is 4. The molecule has 0 fully saturated rings. The van der Waals surface area contributed by atoms with Gasteiger partial charge in [0, 0.05) is 19.4 Å². The van der Waals surface area contributed by atoms with Crippen LogP contribution < -0.4 is 10.5 Å². The van der Waals surface area contributed by atoms with E-state index >= 15 is 0 Å². The Hall–Kier alpha value is -1.29. The van der Waals surface area contributed by atoms with Gasteiger partial charge in [-0.3, -0.25) is 4.98 Å². The third-order valence-electron chi connectivity index (χ3n) is 1.54. The van der Waals surface area contributed by atoms with Crippen molar-refractivity contribution >= 4 is 5.69 Å². The van der Waals surface area contributed by atoms with Crippen molar-refractivity contribution in [2.75, 3.05) is 19.5 Å². The molecule has 0 aromatic carbocycles. The lowest BCUT2D eigenvalue weighted by Crippen LogP contribution is -2.18. The summed E-state index contributed by atoms with van der Waals surface area (Å²) in [4.78, 5) is 3.86. The Morgan fingerprint density at radius 1 is 1.62 bits per heavy atom. The highest BCUT2D eigenvalue weighted by molar-refractivity contribution is 5.49. The SMILES string of the molecule is COCC(C)Oc1ccncc1N. The zero-order chi connectivity index (χ0) is 9.68. The summed E-state index contributed by atoms with van der Waals surface area (Å²) in [7, 11) is 1.63. The highest BCUT2D eigenvalue weighted by atomic mass is 16.5. The summed E-state index contributed by atoms with van der Waals surface area (Å²) in [6.07, 6.45) is 3.20. The molecule has 0 spiro atoms. The summed E-state index contributed by atoms with van der Waals surface area (Å²) in [5.41, 5.74) is 6.18. The maximum atomic E-state index is 5.64. The minimum atomic E-state index is -0.00491. The number of ether oxygens (including phenoxy) is 2. The van der Waals surface area contributed by atoms with Gasteiger partial charge in [-0.25, -0.2) is 0 Å². The number of nitrogens with zero attached hydrogens (tertiary/aromatic N) is 1. The molecule has 0 amide bonds. The predicted octanol–water partition coefficient (Wildman–Crippen LogP) is 1.08. The van der Waals surface area contributed by atoms with Gasteiger partial charge in [-0.2, -0.15) is 0 Å². The first-order valence-corrected chi connectivity index (χ1v) is 4.09. The number of nitrogen functional groups attached to an aromatic ring is 1. The second-order valence-electron chi connectivity index (χ2n) is 2.80. The van der Waals surface area contributed by atoms with Crippen LogP contribution in [0.15, 0.2) is 18.5 Å². The number of hydrogen-bond acceptors (Lipinski definition) is 4. The molecule has 4 heteroatoms. The van der Waals surface area contributed by atoms with E-state index in [-0.39, 0.29) is 6.10 Å². The normalized spacial score (nSPS) is 12.5. The third kappa shape index (κ3) is 2.91. The van der Waals surface area contributed by atoms with Crippen molar-refractivity contribution < 1.29 is 9.47 Å². The van der Waals surface area contributed by atoms with E-state index in [1.165, 1.54) is 0 Å². The van der Waals surface area contributed by atoms with E-state index in [1.54, 1.807) is 25.6 Å². The molecule has 1 heterocycles. The molecule has 72 valence electrons. The van der Waals surface area contributed by atoms with Crippen LogP contribution >= 0.6 is 0 Å². The van der Waals surface area contributed by atoms with Crippen LogP contribution in [0.1, 0.15) is 6.92 Å². The molecule has 2 N–H and O–H groups in total. The molecule has 0 aliphatic carbocycles. The van der Waals surface area contributed by atoms with Crippen LogP contribution in [-0.4, -0.2) is 24.8 Å². The number of nitrogens with two attached hydrogens (primary N) is 1.